The van der Waals surface area contributed by atoms with Gasteiger partial charge < -0.3 is 10.1 Å². The maximum absolute atomic E-state index is 8.70. The highest BCUT2D eigenvalue weighted by molar-refractivity contribution is 5.86. The summed E-state index contributed by atoms with van der Waals surface area (Å²) < 4.78 is 0. The molecule has 1 rings (SSSR count). The first-order chi connectivity index (χ1) is 6.13. The lowest BCUT2D eigenvalue weighted by Gasteiger charge is -2.32. The zero-order valence-electron chi connectivity index (χ0n) is 8.82. The molecule has 0 saturated carbocycles. The van der Waals surface area contributed by atoms with Gasteiger partial charge in [0, 0.05) is 32.0 Å². The molecule has 1 aliphatic rings. The van der Waals surface area contributed by atoms with Gasteiger partial charge in [-0.3, -0.25) is 0 Å². The standard InChI is InChI=1S/C10H20N2O/c1-8(2)6-12-5-4-10(11-13)9(3)7-12/h8-9,13H,4-7H2,1-3H3. The Labute approximate surface area is 80.4 Å². The van der Waals surface area contributed by atoms with Crippen LogP contribution in [0.1, 0.15) is 27.2 Å². The van der Waals surface area contributed by atoms with Crippen LogP contribution >= 0.6 is 0 Å². The molecule has 1 N–H and O–H groups in total. The minimum absolute atomic E-state index is 0.414. The molecule has 0 aliphatic carbocycles. The highest BCUT2D eigenvalue weighted by atomic mass is 16.4. The number of piperidine rings is 1. The van der Waals surface area contributed by atoms with Crippen LogP contribution in [0, 0.1) is 11.8 Å². The molecule has 1 atom stereocenters. The zero-order chi connectivity index (χ0) is 9.84. The quantitative estimate of drug-likeness (QED) is 0.525. The van der Waals surface area contributed by atoms with Crippen LogP contribution in [0.25, 0.3) is 0 Å². The molecule has 76 valence electrons. The van der Waals surface area contributed by atoms with Gasteiger partial charge in [-0.05, 0) is 5.92 Å². The molecule has 1 aliphatic heterocycles. The molecule has 1 fully saturated rings. The van der Waals surface area contributed by atoms with Gasteiger partial charge in [-0.1, -0.05) is 25.9 Å². The number of hydrogen-bond acceptors (Lipinski definition) is 3. The smallest absolute Gasteiger partial charge is 0.0624 e. The summed E-state index contributed by atoms with van der Waals surface area (Å²) in [5.74, 6) is 1.14. The maximum Gasteiger partial charge on any atom is 0.0624 e. The van der Waals surface area contributed by atoms with Crippen LogP contribution in [0.4, 0.5) is 0 Å². The van der Waals surface area contributed by atoms with Gasteiger partial charge in [-0.25, -0.2) is 0 Å². The van der Waals surface area contributed by atoms with Crippen LogP contribution in [0.2, 0.25) is 0 Å². The molecule has 3 heteroatoms. The molecular weight excluding hydrogens is 164 g/mol. The lowest BCUT2D eigenvalue weighted by atomic mass is 9.97. The Morgan fingerprint density at radius 2 is 2.31 bits per heavy atom. The predicted octanol–water partition coefficient (Wildman–Crippen LogP) is 1.81. The van der Waals surface area contributed by atoms with Crippen molar-refractivity contribution >= 4 is 5.71 Å². The van der Waals surface area contributed by atoms with Crippen LogP contribution in [-0.2, 0) is 0 Å². The largest absolute Gasteiger partial charge is 0.411 e. The maximum atomic E-state index is 8.70. The molecule has 0 bridgehead atoms. The molecule has 1 heterocycles. The van der Waals surface area contributed by atoms with Crippen LogP contribution in [-0.4, -0.2) is 35.5 Å². The average molecular weight is 184 g/mol. The second-order valence-electron chi connectivity index (χ2n) is 4.40. The van der Waals surface area contributed by atoms with Gasteiger partial charge in [0.1, 0.15) is 0 Å². The number of oxime groups is 1. The van der Waals surface area contributed by atoms with Gasteiger partial charge in [0.05, 0.1) is 5.71 Å². The average Bonchev–Trinajstić information content (AvgIpc) is 2.03. The number of likely N-dealkylation sites (tertiary alicyclic amines) is 1. The molecule has 13 heavy (non-hydrogen) atoms. The fourth-order valence-corrected chi connectivity index (χ4v) is 1.93. The Kier molecular flexibility index (Phi) is 3.72. The third-order valence-corrected chi connectivity index (χ3v) is 2.54. The molecule has 0 aromatic carbocycles. The minimum atomic E-state index is 0.414. The molecule has 0 aromatic rings. The molecule has 0 aromatic heterocycles. The molecule has 1 unspecified atom stereocenters. The Bertz CT molecular complexity index is 189. The van der Waals surface area contributed by atoms with Crippen LogP contribution in [0.5, 0.6) is 0 Å². The Morgan fingerprint density at radius 3 is 2.77 bits per heavy atom. The topological polar surface area (TPSA) is 35.8 Å². The van der Waals surface area contributed by atoms with Gasteiger partial charge in [0.15, 0.2) is 0 Å². The van der Waals surface area contributed by atoms with E-state index in [0.717, 1.165) is 37.7 Å². The highest BCUT2D eigenvalue weighted by Crippen LogP contribution is 2.14. The van der Waals surface area contributed by atoms with Crippen LogP contribution < -0.4 is 0 Å². The monoisotopic (exact) mass is 184 g/mol. The molecule has 0 spiro atoms. The van der Waals surface area contributed by atoms with Crippen molar-refractivity contribution in [2.24, 2.45) is 17.0 Å². The van der Waals surface area contributed by atoms with E-state index >= 15 is 0 Å². The number of rotatable bonds is 2. The van der Waals surface area contributed by atoms with E-state index in [0.29, 0.717) is 5.92 Å². The molecule has 0 radical (unpaired) electrons. The Balaban J connectivity index is 2.41. The fraction of sp³-hybridized carbons (Fsp3) is 0.900. The molecule has 0 amide bonds. The first-order valence-corrected chi connectivity index (χ1v) is 5.06. The summed E-state index contributed by atoms with van der Waals surface area (Å²) in [4.78, 5) is 2.45. The van der Waals surface area contributed by atoms with Gasteiger partial charge >= 0.3 is 0 Å². The van der Waals surface area contributed by atoms with E-state index in [-0.39, 0.29) is 0 Å². The second kappa shape index (κ2) is 4.61. The number of hydrogen-bond donors (Lipinski definition) is 1. The van der Waals surface area contributed by atoms with Crippen molar-refractivity contribution in [2.45, 2.75) is 27.2 Å². The van der Waals surface area contributed by atoms with E-state index in [1.165, 1.54) is 0 Å². The first kappa shape index (κ1) is 10.5. The summed E-state index contributed by atoms with van der Waals surface area (Å²) in [6, 6.07) is 0. The molecule has 1 saturated heterocycles. The SMILES string of the molecule is CC(C)CN1CCC(=NO)C(C)C1. The Morgan fingerprint density at radius 1 is 1.62 bits per heavy atom. The summed E-state index contributed by atoms with van der Waals surface area (Å²) in [5.41, 5.74) is 0.958. The van der Waals surface area contributed by atoms with Gasteiger partial charge in [-0.15, -0.1) is 0 Å². The number of nitrogens with zero attached hydrogens (tertiary/aromatic N) is 2. The summed E-state index contributed by atoms with van der Waals surface area (Å²) in [7, 11) is 0. The second-order valence-corrected chi connectivity index (χ2v) is 4.40. The van der Waals surface area contributed by atoms with Gasteiger partial charge in [0.2, 0.25) is 0 Å². The normalized spacial score (nSPS) is 28.6. The predicted molar refractivity (Wildman–Crippen MR) is 54.3 cm³/mol. The minimum Gasteiger partial charge on any atom is -0.411 e. The fourth-order valence-electron chi connectivity index (χ4n) is 1.93. The van der Waals surface area contributed by atoms with Crippen molar-refractivity contribution in [1.29, 1.82) is 0 Å². The molecular formula is C10H20N2O. The Hall–Kier alpha value is -0.570. The van der Waals surface area contributed by atoms with Gasteiger partial charge in [-0.2, -0.15) is 0 Å². The summed E-state index contributed by atoms with van der Waals surface area (Å²) >= 11 is 0. The highest BCUT2D eigenvalue weighted by Gasteiger charge is 2.22. The third-order valence-electron chi connectivity index (χ3n) is 2.54. The van der Waals surface area contributed by atoms with Crippen molar-refractivity contribution < 1.29 is 5.21 Å². The van der Waals surface area contributed by atoms with Crippen LogP contribution in [0.15, 0.2) is 5.16 Å². The lowest BCUT2D eigenvalue weighted by Crippen LogP contribution is -2.41. The first-order valence-electron chi connectivity index (χ1n) is 5.06. The van der Waals surface area contributed by atoms with E-state index in [9.17, 15) is 0 Å². The van der Waals surface area contributed by atoms with Crippen molar-refractivity contribution in [2.75, 3.05) is 19.6 Å². The summed E-state index contributed by atoms with van der Waals surface area (Å²) in [6.07, 6.45) is 0.921. The molecule has 3 nitrogen and oxygen atoms in total. The third kappa shape index (κ3) is 2.99. The van der Waals surface area contributed by atoms with E-state index < -0.39 is 0 Å². The van der Waals surface area contributed by atoms with E-state index in [4.69, 9.17) is 5.21 Å². The van der Waals surface area contributed by atoms with Crippen molar-refractivity contribution in [3.63, 3.8) is 0 Å². The van der Waals surface area contributed by atoms with Crippen molar-refractivity contribution in [1.82, 2.24) is 4.90 Å². The van der Waals surface area contributed by atoms with E-state index in [1.54, 1.807) is 0 Å². The summed E-state index contributed by atoms with van der Waals surface area (Å²) in [5, 5.41) is 12.0. The van der Waals surface area contributed by atoms with E-state index in [2.05, 4.69) is 30.8 Å². The zero-order valence-corrected chi connectivity index (χ0v) is 8.82. The van der Waals surface area contributed by atoms with Crippen LogP contribution in [0.3, 0.4) is 0 Å². The van der Waals surface area contributed by atoms with Crippen molar-refractivity contribution in [3.05, 3.63) is 0 Å². The summed E-state index contributed by atoms with van der Waals surface area (Å²) in [6.45, 7) is 9.84. The van der Waals surface area contributed by atoms with Crippen molar-refractivity contribution in [3.8, 4) is 0 Å². The lowest BCUT2D eigenvalue weighted by molar-refractivity contribution is 0.214. The van der Waals surface area contributed by atoms with E-state index in [1.807, 2.05) is 0 Å². The van der Waals surface area contributed by atoms with Gasteiger partial charge in [0.25, 0.3) is 0 Å².